The molecule has 0 heterocycles. The van der Waals surface area contributed by atoms with Gasteiger partial charge in [-0.15, -0.1) is 24.0 Å². The Morgan fingerprint density at radius 1 is 1.11 bits per heavy atom. The first-order valence-electron chi connectivity index (χ1n) is 10.3. The second kappa shape index (κ2) is 16.4. The Hall–Kier alpha value is -0.570. The van der Waals surface area contributed by atoms with E-state index in [4.69, 9.17) is 9.73 Å². The number of carbonyl (C=O) groups excluding carboxylic acids is 1. The van der Waals surface area contributed by atoms with Crippen molar-refractivity contribution < 1.29 is 14.3 Å². The number of carbonyl (C=O) groups is 1. The summed E-state index contributed by atoms with van der Waals surface area (Å²) in [7, 11) is 1.44. The molecule has 2 N–H and O–H groups in total. The van der Waals surface area contributed by atoms with Crippen LogP contribution in [0.4, 0.5) is 0 Å². The number of guanidine groups is 1. The van der Waals surface area contributed by atoms with Gasteiger partial charge in [0.25, 0.3) is 0 Å². The predicted molar refractivity (Wildman–Crippen MR) is 122 cm³/mol. The first-order chi connectivity index (χ1) is 12.7. The van der Waals surface area contributed by atoms with Crippen LogP contribution in [0.15, 0.2) is 4.99 Å². The van der Waals surface area contributed by atoms with Crippen LogP contribution in [0.2, 0.25) is 0 Å². The lowest BCUT2D eigenvalue weighted by molar-refractivity contribution is -0.140. The Morgan fingerprint density at radius 3 is 2.48 bits per heavy atom. The normalized spacial score (nSPS) is 15.9. The highest BCUT2D eigenvalue weighted by molar-refractivity contribution is 14.0. The van der Waals surface area contributed by atoms with Crippen LogP contribution in [-0.2, 0) is 14.3 Å². The second-order valence-electron chi connectivity index (χ2n) is 7.16. The van der Waals surface area contributed by atoms with Crippen molar-refractivity contribution in [3.63, 3.8) is 0 Å². The minimum absolute atomic E-state index is 0. The highest BCUT2D eigenvalue weighted by Gasteiger charge is 2.33. The highest BCUT2D eigenvalue weighted by Crippen LogP contribution is 2.41. The lowest BCUT2D eigenvalue weighted by atomic mass is 9.83. The molecule has 0 unspecified atom stereocenters. The van der Waals surface area contributed by atoms with E-state index in [9.17, 15) is 4.79 Å². The molecule has 1 rings (SSSR count). The van der Waals surface area contributed by atoms with Gasteiger partial charge < -0.3 is 20.1 Å². The van der Waals surface area contributed by atoms with Gasteiger partial charge in [0, 0.05) is 39.3 Å². The van der Waals surface area contributed by atoms with Gasteiger partial charge in [0.1, 0.15) is 0 Å². The van der Waals surface area contributed by atoms with Crippen molar-refractivity contribution in [3.05, 3.63) is 0 Å². The summed E-state index contributed by atoms with van der Waals surface area (Å²) < 4.78 is 10.2. The van der Waals surface area contributed by atoms with Crippen LogP contribution in [-0.4, -0.2) is 51.9 Å². The number of halogens is 1. The maximum absolute atomic E-state index is 11.1. The zero-order chi connectivity index (χ0) is 19.1. The predicted octanol–water partition coefficient (Wildman–Crippen LogP) is 3.88. The molecule has 0 saturated heterocycles. The molecule has 6 nitrogen and oxygen atoms in total. The molecule has 7 heteroatoms. The zero-order valence-corrected chi connectivity index (χ0v) is 19.8. The van der Waals surface area contributed by atoms with Crippen LogP contribution >= 0.6 is 24.0 Å². The van der Waals surface area contributed by atoms with Gasteiger partial charge in [-0.25, -0.2) is 0 Å². The Balaban J connectivity index is 0.00000676. The zero-order valence-electron chi connectivity index (χ0n) is 17.5. The molecule has 0 aromatic heterocycles. The molecule has 0 bridgehead atoms. The maximum atomic E-state index is 11.1. The molecule has 1 aliphatic carbocycles. The molecule has 0 amide bonds. The van der Waals surface area contributed by atoms with Gasteiger partial charge in [-0.2, -0.15) is 0 Å². The molecule has 0 aliphatic heterocycles. The van der Waals surface area contributed by atoms with Gasteiger partial charge >= 0.3 is 5.97 Å². The topological polar surface area (TPSA) is 72.0 Å². The minimum Gasteiger partial charge on any atom is -0.469 e. The van der Waals surface area contributed by atoms with E-state index in [0.29, 0.717) is 11.8 Å². The van der Waals surface area contributed by atoms with Crippen molar-refractivity contribution in [2.45, 2.75) is 71.6 Å². The Labute approximate surface area is 182 Å². The van der Waals surface area contributed by atoms with Gasteiger partial charge in [-0.05, 0) is 51.4 Å². The molecule has 0 spiro atoms. The van der Waals surface area contributed by atoms with Crippen molar-refractivity contribution >= 4 is 35.9 Å². The summed E-state index contributed by atoms with van der Waals surface area (Å²) >= 11 is 0. The third-order valence-electron chi connectivity index (χ3n) is 5.14. The fraction of sp³-hybridized carbons (Fsp3) is 0.900. The molecule has 0 radical (unpaired) electrons. The Morgan fingerprint density at radius 2 is 1.85 bits per heavy atom. The summed E-state index contributed by atoms with van der Waals surface area (Å²) in [6.45, 7) is 8.39. The van der Waals surface area contributed by atoms with Crippen LogP contribution in [0.3, 0.4) is 0 Å². The number of hydrogen-bond acceptors (Lipinski definition) is 4. The second-order valence-corrected chi connectivity index (χ2v) is 7.16. The number of nitrogens with zero attached hydrogens (tertiary/aromatic N) is 1. The number of ether oxygens (including phenoxy) is 2. The van der Waals surface area contributed by atoms with E-state index in [1.54, 1.807) is 0 Å². The van der Waals surface area contributed by atoms with Crippen molar-refractivity contribution in [1.29, 1.82) is 0 Å². The summed E-state index contributed by atoms with van der Waals surface area (Å²) in [5.41, 5.74) is 0.317. The number of rotatable bonds is 13. The summed E-state index contributed by atoms with van der Waals surface area (Å²) in [5, 5.41) is 6.77. The van der Waals surface area contributed by atoms with E-state index in [1.807, 2.05) is 0 Å². The van der Waals surface area contributed by atoms with E-state index in [2.05, 4.69) is 29.2 Å². The van der Waals surface area contributed by atoms with E-state index >= 15 is 0 Å². The number of unbranched alkanes of at least 4 members (excludes halogenated alkanes) is 2. The summed E-state index contributed by atoms with van der Waals surface area (Å²) in [4.78, 5) is 16.0. The number of aliphatic imine (C=N–C) groups is 1. The summed E-state index contributed by atoms with van der Waals surface area (Å²) in [6, 6.07) is 0. The lowest BCUT2D eigenvalue weighted by Crippen LogP contribution is -2.39. The maximum Gasteiger partial charge on any atom is 0.305 e. The van der Waals surface area contributed by atoms with E-state index < -0.39 is 0 Å². The summed E-state index contributed by atoms with van der Waals surface area (Å²) in [6.07, 6.45) is 9.67. The van der Waals surface area contributed by atoms with Crippen molar-refractivity contribution in [2.24, 2.45) is 10.4 Å². The molecule has 1 aliphatic rings. The number of nitrogens with one attached hydrogen (secondary N) is 2. The average Bonchev–Trinajstić information content (AvgIpc) is 3.11. The average molecular weight is 497 g/mol. The molecule has 0 atom stereocenters. The Bertz CT molecular complexity index is 413. The first kappa shape index (κ1) is 26.4. The largest absolute Gasteiger partial charge is 0.469 e. The van der Waals surface area contributed by atoms with E-state index in [-0.39, 0.29) is 29.9 Å². The van der Waals surface area contributed by atoms with Crippen LogP contribution in [0.1, 0.15) is 71.6 Å². The smallest absolute Gasteiger partial charge is 0.305 e. The van der Waals surface area contributed by atoms with Gasteiger partial charge in [0.2, 0.25) is 0 Å². The number of hydrogen-bond donors (Lipinski definition) is 2. The molecular weight excluding hydrogens is 457 g/mol. The van der Waals surface area contributed by atoms with E-state index in [0.717, 1.165) is 64.5 Å². The highest BCUT2D eigenvalue weighted by atomic mass is 127. The minimum atomic E-state index is -0.123. The van der Waals surface area contributed by atoms with Crippen molar-refractivity contribution in [3.8, 4) is 0 Å². The molecule has 27 heavy (non-hydrogen) atoms. The molecule has 0 aromatic rings. The monoisotopic (exact) mass is 497 g/mol. The number of methoxy groups -OCH3 is 1. The van der Waals surface area contributed by atoms with Crippen LogP contribution in [0.5, 0.6) is 0 Å². The van der Waals surface area contributed by atoms with Crippen LogP contribution < -0.4 is 10.6 Å². The third kappa shape index (κ3) is 11.8. The van der Waals surface area contributed by atoms with Crippen molar-refractivity contribution in [1.82, 2.24) is 10.6 Å². The fourth-order valence-corrected chi connectivity index (χ4v) is 3.51. The van der Waals surface area contributed by atoms with Gasteiger partial charge in [-0.1, -0.05) is 19.3 Å². The SMILES string of the molecule is CCNC(=NCC1(CCOCC)CCCC1)NCCCCCC(=O)OC.I. The standard InChI is InChI=1S/C20H39N3O3.HI/c1-4-21-19(22-15-10-6-7-11-18(24)25-3)23-17-20(12-8-9-13-20)14-16-26-5-2;/h4-17H2,1-3H3,(H2,21,22,23);1H. The first-order valence-corrected chi connectivity index (χ1v) is 10.3. The molecule has 1 fully saturated rings. The molecule has 0 aromatic carbocycles. The lowest BCUT2D eigenvalue weighted by Gasteiger charge is -2.27. The Kier molecular flexibility index (Phi) is 16.0. The third-order valence-corrected chi connectivity index (χ3v) is 5.14. The van der Waals surface area contributed by atoms with Gasteiger partial charge in [0.15, 0.2) is 5.96 Å². The molecule has 160 valence electrons. The van der Waals surface area contributed by atoms with E-state index in [1.165, 1.54) is 32.8 Å². The molecular formula is C20H40IN3O3. The van der Waals surface area contributed by atoms with Gasteiger partial charge in [-0.3, -0.25) is 9.79 Å². The van der Waals surface area contributed by atoms with Crippen molar-refractivity contribution in [2.75, 3.05) is 40.0 Å². The van der Waals surface area contributed by atoms with Gasteiger partial charge in [0.05, 0.1) is 7.11 Å². The van der Waals surface area contributed by atoms with Crippen LogP contribution in [0.25, 0.3) is 0 Å². The number of esters is 1. The van der Waals surface area contributed by atoms with Crippen LogP contribution in [0, 0.1) is 5.41 Å². The molecule has 1 saturated carbocycles. The summed E-state index contributed by atoms with van der Waals surface area (Å²) in [5.74, 6) is 0.782. The quantitative estimate of drug-likeness (QED) is 0.133. The fourth-order valence-electron chi connectivity index (χ4n) is 3.51.